The molecule has 0 fully saturated rings. The molecule has 1 aromatic carbocycles. The zero-order valence-corrected chi connectivity index (χ0v) is 12.3. The van der Waals surface area contributed by atoms with E-state index in [1.807, 2.05) is 0 Å². The van der Waals surface area contributed by atoms with Crippen molar-refractivity contribution in [2.75, 3.05) is 7.05 Å². The molecule has 0 saturated carbocycles. The first-order valence-corrected chi connectivity index (χ1v) is 6.48. The lowest BCUT2D eigenvalue weighted by molar-refractivity contribution is 0.143. The monoisotopic (exact) mass is 268 g/mol. The lowest BCUT2D eigenvalue weighted by atomic mass is 9.99. The zero-order valence-electron chi connectivity index (χ0n) is 11.5. The van der Waals surface area contributed by atoms with Gasteiger partial charge in [-0.25, -0.2) is 4.39 Å². The van der Waals surface area contributed by atoms with Gasteiger partial charge in [0.15, 0.2) is 0 Å². The lowest BCUT2D eigenvalue weighted by Crippen LogP contribution is -2.39. The molecule has 2 nitrogen and oxygen atoms in total. The molecule has 2 N–H and O–H groups in total. The molecule has 0 spiro atoms. The van der Waals surface area contributed by atoms with E-state index in [1.165, 1.54) is 6.07 Å². The summed E-state index contributed by atoms with van der Waals surface area (Å²) in [4.78, 5) is 2.34. The molecule has 0 unspecified atom stereocenters. The third-order valence-electron chi connectivity index (χ3n) is 3.61. The first-order chi connectivity index (χ1) is 8.27. The molecular weight excluding hydrogens is 247 g/mol. The van der Waals surface area contributed by atoms with Gasteiger partial charge < -0.3 is 5.73 Å². The van der Waals surface area contributed by atoms with Crippen LogP contribution in [0.3, 0.4) is 0 Å². The molecule has 0 aliphatic rings. The summed E-state index contributed by atoms with van der Waals surface area (Å²) in [7, 11) is 2.06. The van der Waals surface area contributed by atoms with Crippen LogP contribution in [0.2, 0.25) is 0 Å². The Hall–Kier alpha value is -1.00. The molecule has 0 aliphatic carbocycles. The van der Waals surface area contributed by atoms with Crippen LogP contribution in [0.1, 0.15) is 38.3 Å². The van der Waals surface area contributed by atoms with Crippen molar-refractivity contribution in [3.8, 4) is 0 Å². The van der Waals surface area contributed by atoms with Crippen LogP contribution < -0.4 is 5.73 Å². The standard InChI is InChI=1S/C14H21FN2S/c1-5-14(2,3)17(4)9-10-6-7-12(15)11(8-10)13(16)18/h6-8H,5,9H2,1-4H3,(H2,16,18). The highest BCUT2D eigenvalue weighted by Crippen LogP contribution is 2.20. The van der Waals surface area contributed by atoms with Crippen molar-refractivity contribution in [1.29, 1.82) is 0 Å². The molecule has 1 aromatic rings. The molecule has 0 aromatic heterocycles. The minimum absolute atomic E-state index is 0.103. The number of nitrogens with zero attached hydrogens (tertiary/aromatic N) is 1. The fourth-order valence-electron chi connectivity index (χ4n) is 1.62. The van der Waals surface area contributed by atoms with Gasteiger partial charge in [-0.05, 0) is 45.0 Å². The Bertz CT molecular complexity index is 443. The maximum atomic E-state index is 13.5. The van der Waals surface area contributed by atoms with E-state index in [-0.39, 0.29) is 16.3 Å². The van der Waals surface area contributed by atoms with Crippen LogP contribution in [0.4, 0.5) is 4.39 Å². The number of rotatable bonds is 5. The van der Waals surface area contributed by atoms with Gasteiger partial charge in [0.1, 0.15) is 10.8 Å². The Morgan fingerprint density at radius 1 is 1.44 bits per heavy atom. The average molecular weight is 268 g/mol. The summed E-state index contributed by atoms with van der Waals surface area (Å²) in [6.07, 6.45) is 1.05. The highest BCUT2D eigenvalue weighted by molar-refractivity contribution is 7.80. The molecule has 0 atom stereocenters. The molecule has 0 aliphatic heterocycles. The van der Waals surface area contributed by atoms with Gasteiger partial charge >= 0.3 is 0 Å². The Balaban J connectivity index is 2.93. The molecule has 4 heteroatoms. The number of hydrogen-bond acceptors (Lipinski definition) is 2. The van der Waals surface area contributed by atoms with Crippen molar-refractivity contribution in [2.24, 2.45) is 5.73 Å². The van der Waals surface area contributed by atoms with Crippen LogP contribution in [0, 0.1) is 5.82 Å². The highest BCUT2D eigenvalue weighted by atomic mass is 32.1. The minimum Gasteiger partial charge on any atom is -0.389 e. The summed E-state index contributed by atoms with van der Waals surface area (Å²) < 4.78 is 13.5. The quantitative estimate of drug-likeness (QED) is 0.832. The van der Waals surface area contributed by atoms with E-state index in [2.05, 4.69) is 32.7 Å². The molecule has 0 bridgehead atoms. The Kier molecular flexibility index (Phi) is 4.82. The van der Waals surface area contributed by atoms with E-state index in [0.29, 0.717) is 5.56 Å². The summed E-state index contributed by atoms with van der Waals surface area (Å²) in [6, 6.07) is 4.94. The van der Waals surface area contributed by atoms with Gasteiger partial charge in [-0.1, -0.05) is 25.2 Å². The highest BCUT2D eigenvalue weighted by Gasteiger charge is 2.21. The lowest BCUT2D eigenvalue weighted by Gasteiger charge is -2.35. The molecule has 100 valence electrons. The van der Waals surface area contributed by atoms with Crippen molar-refractivity contribution in [3.63, 3.8) is 0 Å². The van der Waals surface area contributed by atoms with Crippen LogP contribution in [0.15, 0.2) is 18.2 Å². The molecular formula is C14H21FN2S. The summed E-state index contributed by atoms with van der Waals surface area (Å²) in [5.74, 6) is -0.358. The summed E-state index contributed by atoms with van der Waals surface area (Å²) >= 11 is 4.84. The van der Waals surface area contributed by atoms with Gasteiger partial charge in [0, 0.05) is 17.6 Å². The summed E-state index contributed by atoms with van der Waals surface area (Å²) in [5, 5.41) is 0. The largest absolute Gasteiger partial charge is 0.389 e. The predicted octanol–water partition coefficient (Wildman–Crippen LogP) is 3.08. The van der Waals surface area contributed by atoms with E-state index in [9.17, 15) is 4.39 Å². The number of halogens is 1. The second kappa shape index (κ2) is 5.76. The van der Waals surface area contributed by atoms with Crippen molar-refractivity contribution < 1.29 is 4.39 Å². The fraction of sp³-hybridized carbons (Fsp3) is 0.500. The molecule has 18 heavy (non-hydrogen) atoms. The van der Waals surface area contributed by atoms with Crippen LogP contribution >= 0.6 is 12.2 Å². The maximum absolute atomic E-state index is 13.5. The van der Waals surface area contributed by atoms with E-state index < -0.39 is 0 Å². The predicted molar refractivity (Wildman–Crippen MR) is 78.1 cm³/mol. The second-order valence-electron chi connectivity index (χ2n) is 5.20. The minimum atomic E-state index is -0.358. The Morgan fingerprint density at radius 3 is 2.56 bits per heavy atom. The second-order valence-corrected chi connectivity index (χ2v) is 5.64. The third-order valence-corrected chi connectivity index (χ3v) is 3.83. The summed E-state index contributed by atoms with van der Waals surface area (Å²) in [6.45, 7) is 7.27. The van der Waals surface area contributed by atoms with Crippen molar-refractivity contribution in [1.82, 2.24) is 4.90 Å². The van der Waals surface area contributed by atoms with Crippen LogP contribution in [-0.2, 0) is 6.54 Å². The van der Waals surface area contributed by atoms with Gasteiger partial charge in [0.2, 0.25) is 0 Å². The van der Waals surface area contributed by atoms with Gasteiger partial charge in [-0.2, -0.15) is 0 Å². The maximum Gasteiger partial charge on any atom is 0.133 e. The molecule has 0 heterocycles. The van der Waals surface area contributed by atoms with Gasteiger partial charge in [-0.15, -0.1) is 0 Å². The number of nitrogens with two attached hydrogens (primary N) is 1. The first kappa shape index (κ1) is 15.1. The van der Waals surface area contributed by atoms with Crippen molar-refractivity contribution >= 4 is 17.2 Å². The Labute approximate surface area is 114 Å². The SMILES string of the molecule is CCC(C)(C)N(C)Cc1ccc(F)c(C(N)=S)c1. The number of thiocarbonyl (C=S) groups is 1. The van der Waals surface area contributed by atoms with E-state index in [4.69, 9.17) is 18.0 Å². The van der Waals surface area contributed by atoms with E-state index >= 15 is 0 Å². The zero-order chi connectivity index (χ0) is 13.9. The smallest absolute Gasteiger partial charge is 0.133 e. The molecule has 0 amide bonds. The fourth-order valence-corrected chi connectivity index (χ4v) is 1.77. The molecule has 1 rings (SSSR count). The van der Waals surface area contributed by atoms with E-state index in [0.717, 1.165) is 18.5 Å². The van der Waals surface area contributed by atoms with Crippen LogP contribution in [0.5, 0.6) is 0 Å². The third kappa shape index (κ3) is 3.50. The van der Waals surface area contributed by atoms with Crippen molar-refractivity contribution in [2.45, 2.75) is 39.3 Å². The number of hydrogen-bond donors (Lipinski definition) is 1. The van der Waals surface area contributed by atoms with Gasteiger partial charge in [0.05, 0.1) is 0 Å². The Morgan fingerprint density at radius 2 is 2.06 bits per heavy atom. The normalized spacial score (nSPS) is 11.9. The van der Waals surface area contributed by atoms with Gasteiger partial charge in [0.25, 0.3) is 0 Å². The van der Waals surface area contributed by atoms with Crippen LogP contribution in [-0.4, -0.2) is 22.5 Å². The van der Waals surface area contributed by atoms with Gasteiger partial charge in [-0.3, -0.25) is 4.90 Å². The van der Waals surface area contributed by atoms with E-state index in [1.54, 1.807) is 12.1 Å². The first-order valence-electron chi connectivity index (χ1n) is 6.07. The molecule has 0 saturated heterocycles. The van der Waals surface area contributed by atoms with Crippen LogP contribution in [0.25, 0.3) is 0 Å². The molecule has 0 radical (unpaired) electrons. The number of benzene rings is 1. The topological polar surface area (TPSA) is 29.3 Å². The van der Waals surface area contributed by atoms with Crippen molar-refractivity contribution in [3.05, 3.63) is 35.1 Å². The summed E-state index contributed by atoms with van der Waals surface area (Å²) in [5.41, 5.74) is 6.95. The average Bonchev–Trinajstić information content (AvgIpc) is 2.31.